The van der Waals surface area contributed by atoms with E-state index in [1.807, 2.05) is 29.6 Å². The van der Waals surface area contributed by atoms with E-state index in [-0.39, 0.29) is 23.0 Å². The summed E-state index contributed by atoms with van der Waals surface area (Å²) in [6, 6.07) is 19.0. The standard InChI is InChI=1S/C28H22ClN5O2S2/c29-18-8-4-17(5-9-18)27-33-19(14-37-27)15-38-28-22(13-31)25(21(12-30)26(32)34-28)16-6-10-20(11-7-16)36-24-3-1-2-23(24)35/h4-11,14,23-24,35H,1-3,15H2,(H2,32,34)/t23-,24-/m0/s1. The van der Waals surface area contributed by atoms with Gasteiger partial charge in [-0.25, -0.2) is 9.97 Å². The summed E-state index contributed by atoms with van der Waals surface area (Å²) in [6.45, 7) is 0. The lowest BCUT2D eigenvalue weighted by Gasteiger charge is -2.18. The number of thiazole rings is 1. The van der Waals surface area contributed by atoms with Crippen LogP contribution in [0.25, 0.3) is 21.7 Å². The van der Waals surface area contributed by atoms with E-state index in [2.05, 4.69) is 17.1 Å². The highest BCUT2D eigenvalue weighted by molar-refractivity contribution is 7.98. The van der Waals surface area contributed by atoms with Crippen LogP contribution in [-0.2, 0) is 5.75 Å². The SMILES string of the molecule is N#Cc1c(N)nc(SCc2csc(-c3ccc(Cl)cc3)n2)c(C#N)c1-c1ccc(O[C@H]2CCC[C@@H]2O)cc1. The third-order valence-corrected chi connectivity index (χ3v) is 8.46. The van der Waals surface area contributed by atoms with Gasteiger partial charge in [0, 0.05) is 27.3 Å². The summed E-state index contributed by atoms with van der Waals surface area (Å²) < 4.78 is 5.93. The molecule has 1 aliphatic rings. The topological polar surface area (TPSA) is 129 Å². The van der Waals surface area contributed by atoms with Crippen LogP contribution in [0.4, 0.5) is 5.82 Å². The zero-order valence-corrected chi connectivity index (χ0v) is 22.5. The highest BCUT2D eigenvalue weighted by Crippen LogP contribution is 2.38. The summed E-state index contributed by atoms with van der Waals surface area (Å²) in [5.74, 6) is 1.17. The van der Waals surface area contributed by atoms with E-state index in [1.165, 1.54) is 23.1 Å². The van der Waals surface area contributed by atoms with Gasteiger partial charge in [0.25, 0.3) is 0 Å². The molecule has 10 heteroatoms. The summed E-state index contributed by atoms with van der Waals surface area (Å²) in [6.07, 6.45) is 1.78. The summed E-state index contributed by atoms with van der Waals surface area (Å²) in [5.41, 5.74) is 9.54. The van der Waals surface area contributed by atoms with E-state index < -0.39 is 6.10 Å². The summed E-state index contributed by atoms with van der Waals surface area (Å²) in [4.78, 5) is 9.09. The number of aliphatic hydroxyl groups is 1. The van der Waals surface area contributed by atoms with Gasteiger partial charge in [-0.2, -0.15) is 10.5 Å². The average Bonchev–Trinajstić information content (AvgIpc) is 3.57. The van der Waals surface area contributed by atoms with Crippen molar-refractivity contribution in [2.45, 2.75) is 42.2 Å². The molecule has 1 aliphatic carbocycles. The van der Waals surface area contributed by atoms with Gasteiger partial charge in [0.05, 0.1) is 17.4 Å². The predicted octanol–water partition coefficient (Wildman–Crippen LogP) is 6.44. The third kappa shape index (κ3) is 5.47. The molecule has 1 saturated carbocycles. The molecular weight excluding hydrogens is 538 g/mol. The Morgan fingerprint density at radius 1 is 1.03 bits per heavy atom. The van der Waals surface area contributed by atoms with Crippen LogP contribution in [0.2, 0.25) is 5.02 Å². The number of ether oxygens (including phenoxy) is 1. The Hall–Kier alpha value is -3.60. The lowest BCUT2D eigenvalue weighted by atomic mass is 9.97. The van der Waals surface area contributed by atoms with E-state index in [4.69, 9.17) is 27.1 Å². The van der Waals surface area contributed by atoms with Gasteiger partial charge < -0.3 is 15.6 Å². The molecule has 0 unspecified atom stereocenters. The average molecular weight is 560 g/mol. The number of hydrogen-bond acceptors (Lipinski definition) is 9. The monoisotopic (exact) mass is 559 g/mol. The van der Waals surface area contributed by atoms with Crippen LogP contribution in [0.1, 0.15) is 36.1 Å². The van der Waals surface area contributed by atoms with Crippen LogP contribution < -0.4 is 10.5 Å². The van der Waals surface area contributed by atoms with Gasteiger partial charge in [-0.15, -0.1) is 11.3 Å². The number of anilines is 1. The number of aliphatic hydroxyl groups excluding tert-OH is 1. The first kappa shape index (κ1) is 26.0. The Morgan fingerprint density at radius 2 is 1.74 bits per heavy atom. The molecule has 2 aromatic heterocycles. The molecule has 4 aromatic rings. The van der Waals surface area contributed by atoms with Gasteiger partial charge in [-0.1, -0.05) is 47.6 Å². The molecule has 38 heavy (non-hydrogen) atoms. The minimum Gasteiger partial charge on any atom is -0.488 e. The first-order valence-electron chi connectivity index (χ1n) is 11.9. The fourth-order valence-electron chi connectivity index (χ4n) is 4.35. The molecule has 0 saturated heterocycles. The molecule has 0 amide bonds. The smallest absolute Gasteiger partial charge is 0.143 e. The van der Waals surface area contributed by atoms with Crippen LogP contribution in [0.3, 0.4) is 0 Å². The largest absolute Gasteiger partial charge is 0.488 e. The predicted molar refractivity (Wildman–Crippen MR) is 150 cm³/mol. The first-order chi connectivity index (χ1) is 18.5. The second-order valence-corrected chi connectivity index (χ2v) is 11.0. The number of nitrogens with zero attached hydrogens (tertiary/aromatic N) is 4. The van der Waals surface area contributed by atoms with Crippen LogP contribution in [-0.4, -0.2) is 27.3 Å². The fraction of sp³-hybridized carbons (Fsp3) is 0.214. The number of aromatic nitrogens is 2. The highest BCUT2D eigenvalue weighted by Gasteiger charge is 2.27. The lowest BCUT2D eigenvalue weighted by Crippen LogP contribution is -2.25. The van der Waals surface area contributed by atoms with Crippen LogP contribution in [0.15, 0.2) is 58.9 Å². The number of hydrogen-bond donors (Lipinski definition) is 2. The molecule has 190 valence electrons. The number of thioether (sulfide) groups is 1. The number of nitriles is 2. The molecule has 0 bridgehead atoms. The quantitative estimate of drug-likeness (QED) is 0.248. The number of nitrogen functional groups attached to an aromatic ring is 1. The van der Waals surface area contributed by atoms with E-state index >= 15 is 0 Å². The second-order valence-electron chi connectivity index (χ2n) is 8.77. The summed E-state index contributed by atoms with van der Waals surface area (Å²) >= 11 is 8.87. The van der Waals surface area contributed by atoms with Gasteiger partial charge in [0.1, 0.15) is 45.4 Å². The maximum Gasteiger partial charge on any atom is 0.143 e. The van der Waals surface area contributed by atoms with Crippen LogP contribution in [0, 0.1) is 22.7 Å². The molecule has 2 heterocycles. The van der Waals surface area contributed by atoms with E-state index in [0.717, 1.165) is 35.5 Å². The van der Waals surface area contributed by atoms with Gasteiger partial charge in [-0.3, -0.25) is 0 Å². The minimum atomic E-state index is -0.468. The molecule has 7 nitrogen and oxygen atoms in total. The second kappa shape index (κ2) is 11.4. The van der Waals surface area contributed by atoms with E-state index in [0.29, 0.717) is 32.7 Å². The molecule has 1 fully saturated rings. The van der Waals surface area contributed by atoms with Crippen molar-refractivity contribution in [2.75, 3.05) is 5.73 Å². The van der Waals surface area contributed by atoms with Crippen LogP contribution in [0.5, 0.6) is 5.75 Å². The lowest BCUT2D eigenvalue weighted by molar-refractivity contribution is 0.0604. The summed E-state index contributed by atoms with van der Waals surface area (Å²) in [7, 11) is 0. The number of nitrogens with two attached hydrogens (primary N) is 1. The van der Waals surface area contributed by atoms with Crippen molar-refractivity contribution in [3.05, 3.63) is 75.8 Å². The molecule has 5 rings (SSSR count). The Morgan fingerprint density at radius 3 is 2.39 bits per heavy atom. The molecule has 0 radical (unpaired) electrons. The van der Waals surface area contributed by atoms with Gasteiger partial charge in [0.15, 0.2) is 0 Å². The Kier molecular flexibility index (Phi) is 7.82. The van der Waals surface area contributed by atoms with Crippen molar-refractivity contribution in [2.24, 2.45) is 0 Å². The molecule has 3 N–H and O–H groups in total. The number of benzene rings is 2. The number of pyridine rings is 1. The zero-order chi connectivity index (χ0) is 26.6. The van der Waals surface area contributed by atoms with Crippen molar-refractivity contribution in [3.63, 3.8) is 0 Å². The molecule has 2 aromatic carbocycles. The van der Waals surface area contributed by atoms with Crippen molar-refractivity contribution in [1.82, 2.24) is 9.97 Å². The fourth-order valence-corrected chi connectivity index (χ4v) is 6.30. The first-order valence-corrected chi connectivity index (χ1v) is 14.1. The van der Waals surface area contributed by atoms with Crippen molar-refractivity contribution < 1.29 is 9.84 Å². The number of halogens is 1. The molecule has 0 spiro atoms. The van der Waals surface area contributed by atoms with Crippen molar-refractivity contribution in [3.8, 4) is 39.6 Å². The Balaban J connectivity index is 1.40. The van der Waals surface area contributed by atoms with Crippen LogP contribution >= 0.6 is 34.7 Å². The Bertz CT molecular complexity index is 1540. The zero-order valence-electron chi connectivity index (χ0n) is 20.1. The summed E-state index contributed by atoms with van der Waals surface area (Å²) in [5, 5.41) is 33.9. The molecular formula is C28H22ClN5O2S2. The van der Waals surface area contributed by atoms with Gasteiger partial charge >= 0.3 is 0 Å². The number of rotatable bonds is 7. The van der Waals surface area contributed by atoms with E-state index in [1.54, 1.807) is 24.3 Å². The molecule has 2 atom stereocenters. The third-order valence-electron chi connectivity index (χ3n) is 6.26. The normalized spacial score (nSPS) is 16.6. The minimum absolute atomic E-state index is 0.0681. The maximum absolute atomic E-state index is 10.1. The molecule has 0 aliphatic heterocycles. The maximum atomic E-state index is 10.1. The Labute approximate surface area is 233 Å². The van der Waals surface area contributed by atoms with Crippen molar-refractivity contribution in [1.29, 1.82) is 10.5 Å². The highest BCUT2D eigenvalue weighted by atomic mass is 35.5. The van der Waals surface area contributed by atoms with E-state index in [9.17, 15) is 15.6 Å². The van der Waals surface area contributed by atoms with Gasteiger partial charge in [-0.05, 0) is 49.1 Å². The van der Waals surface area contributed by atoms with Gasteiger partial charge in [0.2, 0.25) is 0 Å². The van der Waals surface area contributed by atoms with Crippen molar-refractivity contribution >= 4 is 40.5 Å².